The zero-order valence-corrected chi connectivity index (χ0v) is 15.3. The number of carbonyl (C=O) groups excluding carboxylic acids is 2. The zero-order valence-electron chi connectivity index (χ0n) is 15.3. The van der Waals surface area contributed by atoms with Gasteiger partial charge in [-0.05, 0) is 39.0 Å². The summed E-state index contributed by atoms with van der Waals surface area (Å²) in [6.07, 6.45) is -1.31. The molecule has 1 aromatic rings. The molecule has 2 amide bonds. The molecule has 0 spiro atoms. The summed E-state index contributed by atoms with van der Waals surface area (Å²) in [6, 6.07) is 2.80. The Kier molecular flexibility index (Phi) is 5.03. The van der Waals surface area contributed by atoms with Gasteiger partial charge in [0.1, 0.15) is 17.2 Å². The van der Waals surface area contributed by atoms with Gasteiger partial charge in [0.05, 0.1) is 11.8 Å². The maximum atomic E-state index is 13.8. The van der Waals surface area contributed by atoms with E-state index in [9.17, 15) is 18.4 Å². The lowest BCUT2D eigenvalue weighted by Crippen LogP contribution is -2.62. The van der Waals surface area contributed by atoms with Crippen LogP contribution in [0.3, 0.4) is 0 Å². The van der Waals surface area contributed by atoms with Crippen LogP contribution in [0.25, 0.3) is 0 Å². The molecule has 2 aliphatic heterocycles. The van der Waals surface area contributed by atoms with Crippen LogP contribution in [-0.4, -0.2) is 53.4 Å². The van der Waals surface area contributed by atoms with Crippen LogP contribution in [0.1, 0.15) is 32.8 Å². The average molecular weight is 381 g/mol. The molecular formula is C18H21F2N3O4. The normalized spacial score (nSPS) is 19.8. The lowest BCUT2D eigenvalue weighted by atomic mass is 10.0. The van der Waals surface area contributed by atoms with Crippen molar-refractivity contribution in [2.45, 2.75) is 44.9 Å². The molecule has 0 radical (unpaired) electrons. The highest BCUT2D eigenvalue weighted by atomic mass is 19.1. The quantitative estimate of drug-likeness (QED) is 0.871. The molecular weight excluding hydrogens is 360 g/mol. The molecule has 7 nitrogen and oxygen atoms in total. The second kappa shape index (κ2) is 7.13. The van der Waals surface area contributed by atoms with E-state index in [4.69, 9.17) is 9.57 Å². The van der Waals surface area contributed by atoms with E-state index in [0.717, 1.165) is 18.2 Å². The van der Waals surface area contributed by atoms with Crippen molar-refractivity contribution in [1.29, 1.82) is 0 Å². The van der Waals surface area contributed by atoms with E-state index in [1.54, 1.807) is 20.8 Å². The first-order chi connectivity index (χ1) is 12.6. The highest BCUT2D eigenvalue weighted by Crippen LogP contribution is 2.21. The van der Waals surface area contributed by atoms with Crippen LogP contribution in [0, 0.1) is 11.6 Å². The van der Waals surface area contributed by atoms with Gasteiger partial charge in [0, 0.05) is 25.1 Å². The molecule has 1 N–H and O–H groups in total. The van der Waals surface area contributed by atoms with Crippen molar-refractivity contribution >= 4 is 17.7 Å². The van der Waals surface area contributed by atoms with Crippen LogP contribution in [0.4, 0.5) is 13.6 Å². The van der Waals surface area contributed by atoms with Crippen LogP contribution in [0.5, 0.6) is 0 Å². The van der Waals surface area contributed by atoms with Crippen LogP contribution in [0.2, 0.25) is 0 Å². The van der Waals surface area contributed by atoms with Gasteiger partial charge in [-0.3, -0.25) is 4.79 Å². The molecule has 1 aromatic carbocycles. The topological polar surface area (TPSA) is 80.2 Å². The first kappa shape index (κ1) is 19.1. The van der Waals surface area contributed by atoms with Crippen molar-refractivity contribution in [2.24, 2.45) is 5.16 Å². The van der Waals surface area contributed by atoms with Gasteiger partial charge < -0.3 is 19.8 Å². The third kappa shape index (κ3) is 4.53. The minimum Gasteiger partial charge on any atom is -0.444 e. The van der Waals surface area contributed by atoms with Crippen LogP contribution in [-0.2, 0) is 14.4 Å². The van der Waals surface area contributed by atoms with Crippen LogP contribution in [0.15, 0.2) is 23.4 Å². The number of nitrogens with zero attached hydrogens (tertiary/aromatic N) is 2. The smallest absolute Gasteiger partial charge is 0.410 e. The van der Waals surface area contributed by atoms with E-state index in [1.807, 2.05) is 0 Å². The number of rotatable bonds is 3. The Morgan fingerprint density at radius 1 is 1.30 bits per heavy atom. The molecule has 27 heavy (non-hydrogen) atoms. The van der Waals surface area contributed by atoms with Crippen molar-refractivity contribution in [1.82, 2.24) is 10.2 Å². The monoisotopic (exact) mass is 381 g/mol. The zero-order chi connectivity index (χ0) is 19.8. The Morgan fingerprint density at radius 3 is 2.67 bits per heavy atom. The van der Waals surface area contributed by atoms with E-state index >= 15 is 0 Å². The molecule has 0 bridgehead atoms. The summed E-state index contributed by atoms with van der Waals surface area (Å²) < 4.78 is 32.4. The van der Waals surface area contributed by atoms with Crippen molar-refractivity contribution in [3.8, 4) is 0 Å². The van der Waals surface area contributed by atoms with Gasteiger partial charge in [-0.2, -0.15) is 0 Å². The SMILES string of the molecule is CC(C)(C)OC(=O)N1CC(NC(=O)C2CC(c3cc(F)ccc3F)=NO2)C1. The van der Waals surface area contributed by atoms with Gasteiger partial charge in [-0.15, -0.1) is 0 Å². The summed E-state index contributed by atoms with van der Waals surface area (Å²) in [7, 11) is 0. The number of likely N-dealkylation sites (tertiary alicyclic amines) is 1. The molecule has 1 atom stereocenters. The summed E-state index contributed by atoms with van der Waals surface area (Å²) in [4.78, 5) is 30.7. The molecule has 146 valence electrons. The van der Waals surface area contributed by atoms with Crippen LogP contribution >= 0.6 is 0 Å². The second-order valence-corrected chi connectivity index (χ2v) is 7.55. The maximum absolute atomic E-state index is 13.8. The van der Waals surface area contributed by atoms with E-state index in [2.05, 4.69) is 10.5 Å². The van der Waals surface area contributed by atoms with Gasteiger partial charge in [-0.25, -0.2) is 13.6 Å². The molecule has 2 aliphatic rings. The molecule has 1 unspecified atom stereocenters. The highest BCUT2D eigenvalue weighted by molar-refractivity contribution is 6.04. The lowest BCUT2D eigenvalue weighted by molar-refractivity contribution is -0.133. The molecule has 1 saturated heterocycles. The van der Waals surface area contributed by atoms with E-state index in [0.29, 0.717) is 13.1 Å². The number of hydrogen-bond acceptors (Lipinski definition) is 5. The first-order valence-electron chi connectivity index (χ1n) is 8.59. The fourth-order valence-corrected chi connectivity index (χ4v) is 2.74. The highest BCUT2D eigenvalue weighted by Gasteiger charge is 2.37. The first-order valence-corrected chi connectivity index (χ1v) is 8.59. The van der Waals surface area contributed by atoms with Crippen molar-refractivity contribution < 1.29 is 27.9 Å². The molecule has 0 aliphatic carbocycles. The lowest BCUT2D eigenvalue weighted by Gasteiger charge is -2.40. The Bertz CT molecular complexity index is 785. The van der Waals surface area contributed by atoms with Gasteiger partial charge in [0.2, 0.25) is 6.10 Å². The van der Waals surface area contributed by atoms with Gasteiger partial charge in [-0.1, -0.05) is 5.16 Å². The molecule has 1 fully saturated rings. The number of amides is 2. The second-order valence-electron chi connectivity index (χ2n) is 7.55. The van der Waals surface area contributed by atoms with E-state index < -0.39 is 35.3 Å². The summed E-state index contributed by atoms with van der Waals surface area (Å²) in [6.45, 7) is 6.00. The Hall–Kier alpha value is -2.71. The van der Waals surface area contributed by atoms with Crippen molar-refractivity contribution in [3.05, 3.63) is 35.4 Å². The minimum absolute atomic E-state index is 0.0231. The molecule has 0 aromatic heterocycles. The third-order valence-electron chi connectivity index (χ3n) is 4.08. The summed E-state index contributed by atoms with van der Waals surface area (Å²) in [5, 5.41) is 6.46. The Balaban J connectivity index is 1.47. The van der Waals surface area contributed by atoms with E-state index in [1.165, 1.54) is 4.90 Å². The van der Waals surface area contributed by atoms with Crippen molar-refractivity contribution in [3.63, 3.8) is 0 Å². The largest absolute Gasteiger partial charge is 0.444 e. The van der Waals surface area contributed by atoms with Gasteiger partial charge in [0.15, 0.2) is 0 Å². The standard InChI is InChI=1S/C18H21F2N3O4/c1-18(2,3)26-17(25)23-8-11(9-23)21-16(24)15-7-14(22-27-15)12-6-10(19)4-5-13(12)20/h4-6,11,15H,7-9H2,1-3H3,(H,21,24). The molecule has 9 heteroatoms. The Morgan fingerprint density at radius 2 is 2.00 bits per heavy atom. The molecule has 0 saturated carbocycles. The number of ether oxygens (including phenoxy) is 1. The summed E-state index contributed by atoms with van der Waals surface area (Å²) in [5.74, 6) is -1.65. The number of benzene rings is 1. The Labute approximate surface area is 155 Å². The van der Waals surface area contributed by atoms with Crippen LogP contribution < -0.4 is 5.32 Å². The van der Waals surface area contributed by atoms with Gasteiger partial charge in [0.25, 0.3) is 5.91 Å². The summed E-state index contributed by atoms with van der Waals surface area (Å²) >= 11 is 0. The fraction of sp³-hybridized carbons (Fsp3) is 0.500. The number of halogens is 2. The number of nitrogens with one attached hydrogen (secondary N) is 1. The minimum atomic E-state index is -0.918. The maximum Gasteiger partial charge on any atom is 0.410 e. The predicted molar refractivity (Wildman–Crippen MR) is 92.1 cm³/mol. The number of oxime groups is 1. The summed E-state index contributed by atoms with van der Waals surface area (Å²) in [5.41, 5.74) is -0.426. The van der Waals surface area contributed by atoms with Gasteiger partial charge >= 0.3 is 6.09 Å². The third-order valence-corrected chi connectivity index (χ3v) is 4.08. The number of hydrogen-bond donors (Lipinski definition) is 1. The fourth-order valence-electron chi connectivity index (χ4n) is 2.74. The van der Waals surface area contributed by atoms with E-state index in [-0.39, 0.29) is 23.7 Å². The predicted octanol–water partition coefficient (Wildman–Crippen LogP) is 2.19. The van der Waals surface area contributed by atoms with Crippen molar-refractivity contribution in [2.75, 3.05) is 13.1 Å². The average Bonchev–Trinajstić information content (AvgIpc) is 3.00. The molecule has 2 heterocycles. The molecule has 3 rings (SSSR count). The number of carbonyl (C=O) groups is 2.